The molecule has 0 aromatic heterocycles. The highest BCUT2D eigenvalue weighted by Crippen LogP contribution is 2.23. The zero-order chi connectivity index (χ0) is 21.1. The monoisotopic (exact) mass is 399 g/mol. The molecule has 3 aromatic rings. The summed E-state index contributed by atoms with van der Waals surface area (Å²) in [5.74, 6) is -0.00623. The molecule has 4 rings (SSSR count). The molecule has 0 radical (unpaired) electrons. The normalized spacial score (nSPS) is 13.0. The smallest absolute Gasteiger partial charge is 0.319 e. The number of amides is 3. The third-order valence-electron chi connectivity index (χ3n) is 5.39. The van der Waals surface area contributed by atoms with Crippen LogP contribution in [0.4, 0.5) is 10.5 Å². The summed E-state index contributed by atoms with van der Waals surface area (Å²) in [6.45, 7) is 3.21. The van der Waals surface area contributed by atoms with E-state index in [1.807, 2.05) is 30.3 Å². The van der Waals surface area contributed by atoms with Crippen LogP contribution in [-0.2, 0) is 13.0 Å². The Hall–Kier alpha value is -3.60. The van der Waals surface area contributed by atoms with Crippen LogP contribution >= 0.6 is 0 Å². The van der Waals surface area contributed by atoms with Gasteiger partial charge in [-0.3, -0.25) is 4.79 Å². The second-order valence-electron chi connectivity index (χ2n) is 7.73. The fourth-order valence-corrected chi connectivity index (χ4v) is 3.71. The number of fused-ring (bicyclic) bond motifs is 1. The van der Waals surface area contributed by atoms with Crippen LogP contribution in [0.3, 0.4) is 0 Å². The van der Waals surface area contributed by atoms with Crippen LogP contribution in [0.15, 0.2) is 66.7 Å². The lowest BCUT2D eigenvalue weighted by Crippen LogP contribution is -2.34. The van der Waals surface area contributed by atoms with E-state index in [2.05, 4.69) is 47.9 Å². The minimum absolute atomic E-state index is 0.00623. The number of benzene rings is 3. The molecule has 0 bridgehead atoms. The van der Waals surface area contributed by atoms with Crippen molar-refractivity contribution < 1.29 is 9.59 Å². The van der Waals surface area contributed by atoms with E-state index in [4.69, 9.17) is 0 Å². The van der Waals surface area contributed by atoms with Gasteiger partial charge in [-0.1, -0.05) is 54.1 Å². The van der Waals surface area contributed by atoms with E-state index in [0.717, 1.165) is 35.2 Å². The van der Waals surface area contributed by atoms with E-state index in [-0.39, 0.29) is 11.9 Å². The lowest BCUT2D eigenvalue weighted by molar-refractivity contribution is 0.0781. The fraction of sp³-hybridized carbons (Fsp3) is 0.200. The molecule has 0 aliphatic carbocycles. The Morgan fingerprint density at radius 1 is 1.00 bits per heavy atom. The molecule has 0 atom stereocenters. The Labute approximate surface area is 176 Å². The summed E-state index contributed by atoms with van der Waals surface area (Å²) in [4.78, 5) is 26.4. The largest absolute Gasteiger partial charge is 0.341 e. The van der Waals surface area contributed by atoms with Crippen LogP contribution in [-0.4, -0.2) is 30.4 Å². The lowest BCUT2D eigenvalue weighted by Gasteiger charge is -2.25. The predicted octanol–water partition coefficient (Wildman–Crippen LogP) is 4.61. The van der Waals surface area contributed by atoms with Crippen molar-refractivity contribution in [3.05, 3.63) is 89.0 Å². The summed E-state index contributed by atoms with van der Waals surface area (Å²) in [7, 11) is 1.79. The van der Waals surface area contributed by atoms with Crippen molar-refractivity contribution in [3.8, 4) is 11.1 Å². The highest BCUT2D eigenvalue weighted by molar-refractivity contribution is 5.99. The van der Waals surface area contributed by atoms with Crippen LogP contribution in [0.2, 0.25) is 0 Å². The molecule has 0 saturated carbocycles. The minimum Gasteiger partial charge on any atom is -0.341 e. The molecule has 3 amide bonds. The number of anilines is 1. The average molecular weight is 399 g/mol. The molecular formula is C25H25N3O2. The molecule has 0 saturated heterocycles. The van der Waals surface area contributed by atoms with Crippen molar-refractivity contribution in [2.24, 2.45) is 0 Å². The van der Waals surface area contributed by atoms with Crippen molar-refractivity contribution in [2.45, 2.75) is 19.9 Å². The van der Waals surface area contributed by atoms with Crippen LogP contribution in [0.25, 0.3) is 11.1 Å². The van der Waals surface area contributed by atoms with E-state index in [0.29, 0.717) is 17.8 Å². The van der Waals surface area contributed by atoms with Gasteiger partial charge in [-0.2, -0.15) is 0 Å². The maximum absolute atomic E-state index is 12.4. The summed E-state index contributed by atoms with van der Waals surface area (Å²) in [6, 6.07) is 21.7. The standard InChI is InChI=1S/C25H25N3O2/c1-17-5-3-7-20(13-17)21-8-4-6-18(14-21)16-26-25(30)27-22-10-9-19-11-12-28(2)24(29)23(19)15-22/h3-10,13-15H,11-12,16H2,1-2H3,(H2,26,27,30). The van der Waals surface area contributed by atoms with Crippen LogP contribution in [0.1, 0.15) is 27.0 Å². The molecule has 5 heteroatoms. The van der Waals surface area contributed by atoms with Crippen molar-refractivity contribution in [1.82, 2.24) is 10.2 Å². The van der Waals surface area contributed by atoms with E-state index in [9.17, 15) is 9.59 Å². The van der Waals surface area contributed by atoms with Gasteiger partial charge >= 0.3 is 6.03 Å². The summed E-state index contributed by atoms with van der Waals surface area (Å²) in [6.07, 6.45) is 0.835. The lowest BCUT2D eigenvalue weighted by atomic mass is 9.99. The molecule has 1 aliphatic heterocycles. The molecule has 1 aliphatic rings. The zero-order valence-corrected chi connectivity index (χ0v) is 17.2. The first kappa shape index (κ1) is 19.7. The number of rotatable bonds is 4. The molecule has 5 nitrogen and oxygen atoms in total. The Morgan fingerprint density at radius 3 is 2.57 bits per heavy atom. The molecule has 0 unspecified atom stereocenters. The van der Waals surface area contributed by atoms with Gasteiger partial charge in [0.2, 0.25) is 0 Å². The highest BCUT2D eigenvalue weighted by atomic mass is 16.2. The number of likely N-dealkylation sites (N-methyl/N-ethyl adjacent to an activating group) is 1. The summed E-state index contributed by atoms with van der Waals surface area (Å²) < 4.78 is 0. The fourth-order valence-electron chi connectivity index (χ4n) is 3.71. The number of aryl methyl sites for hydroxylation is 1. The summed E-state index contributed by atoms with van der Waals surface area (Å²) >= 11 is 0. The van der Waals surface area contributed by atoms with Crippen LogP contribution in [0, 0.1) is 6.92 Å². The van der Waals surface area contributed by atoms with Gasteiger partial charge in [0.25, 0.3) is 5.91 Å². The Bertz CT molecular complexity index is 1110. The molecule has 30 heavy (non-hydrogen) atoms. The van der Waals surface area contributed by atoms with Crippen molar-refractivity contribution in [2.75, 3.05) is 18.9 Å². The SMILES string of the molecule is Cc1cccc(-c2cccc(CNC(=O)Nc3ccc4c(c3)C(=O)N(C)CC4)c2)c1. The van der Waals surface area contributed by atoms with Crippen LogP contribution in [0.5, 0.6) is 0 Å². The molecule has 152 valence electrons. The number of urea groups is 1. The predicted molar refractivity (Wildman–Crippen MR) is 120 cm³/mol. The number of carbonyl (C=O) groups is 2. The summed E-state index contributed by atoms with van der Waals surface area (Å²) in [5, 5.41) is 5.72. The third kappa shape index (κ3) is 4.35. The maximum Gasteiger partial charge on any atom is 0.319 e. The first-order chi connectivity index (χ1) is 14.5. The molecular weight excluding hydrogens is 374 g/mol. The van der Waals surface area contributed by atoms with Crippen molar-refractivity contribution in [1.29, 1.82) is 0 Å². The Balaban J connectivity index is 1.40. The Morgan fingerprint density at radius 2 is 1.77 bits per heavy atom. The minimum atomic E-state index is -0.299. The number of hydrogen-bond donors (Lipinski definition) is 2. The number of nitrogens with zero attached hydrogens (tertiary/aromatic N) is 1. The first-order valence-corrected chi connectivity index (χ1v) is 10.1. The van der Waals surface area contributed by atoms with Gasteiger partial charge in [-0.05, 0) is 53.8 Å². The number of nitrogens with one attached hydrogen (secondary N) is 2. The molecule has 3 aromatic carbocycles. The second-order valence-corrected chi connectivity index (χ2v) is 7.73. The van der Waals surface area contributed by atoms with E-state index < -0.39 is 0 Å². The van der Waals surface area contributed by atoms with Gasteiger partial charge in [0.05, 0.1) is 0 Å². The highest BCUT2D eigenvalue weighted by Gasteiger charge is 2.21. The van der Waals surface area contributed by atoms with Gasteiger partial charge in [-0.25, -0.2) is 4.79 Å². The van der Waals surface area contributed by atoms with Gasteiger partial charge < -0.3 is 15.5 Å². The van der Waals surface area contributed by atoms with Crippen molar-refractivity contribution in [3.63, 3.8) is 0 Å². The third-order valence-corrected chi connectivity index (χ3v) is 5.39. The molecule has 2 N–H and O–H groups in total. The van der Waals surface area contributed by atoms with Gasteiger partial charge in [0.15, 0.2) is 0 Å². The number of carbonyl (C=O) groups excluding carboxylic acids is 2. The first-order valence-electron chi connectivity index (χ1n) is 10.1. The van der Waals surface area contributed by atoms with Crippen LogP contribution < -0.4 is 10.6 Å². The van der Waals surface area contributed by atoms with Gasteiger partial charge in [-0.15, -0.1) is 0 Å². The van der Waals surface area contributed by atoms with Gasteiger partial charge in [0.1, 0.15) is 0 Å². The average Bonchev–Trinajstić information content (AvgIpc) is 2.75. The van der Waals surface area contributed by atoms with Crippen molar-refractivity contribution >= 4 is 17.6 Å². The number of hydrogen-bond acceptors (Lipinski definition) is 2. The van der Waals surface area contributed by atoms with E-state index in [1.54, 1.807) is 18.0 Å². The van der Waals surface area contributed by atoms with E-state index >= 15 is 0 Å². The molecule has 1 heterocycles. The van der Waals surface area contributed by atoms with E-state index in [1.165, 1.54) is 5.56 Å². The molecule has 0 spiro atoms. The van der Waals surface area contributed by atoms with Gasteiger partial charge in [0, 0.05) is 31.4 Å². The summed E-state index contributed by atoms with van der Waals surface area (Å²) in [5.41, 5.74) is 6.81. The zero-order valence-electron chi connectivity index (χ0n) is 17.2. The molecule has 0 fully saturated rings. The quantitative estimate of drug-likeness (QED) is 0.673. The second kappa shape index (κ2) is 8.41. The topological polar surface area (TPSA) is 61.4 Å². The Kier molecular flexibility index (Phi) is 5.53. The maximum atomic E-state index is 12.4.